The number of carbonyl (C=O) groups excluding carboxylic acids is 1. The molecule has 0 aromatic rings. The van der Waals surface area contributed by atoms with Gasteiger partial charge in [0.2, 0.25) is 0 Å². The zero-order valence-electron chi connectivity index (χ0n) is 4.64. The first-order valence-corrected chi connectivity index (χ1v) is 2.62. The second kappa shape index (κ2) is 4.04. The van der Waals surface area contributed by atoms with Crippen molar-refractivity contribution >= 4 is 22.8 Å². The van der Waals surface area contributed by atoms with Gasteiger partial charge in [-0.15, -0.1) is 17.0 Å². The highest BCUT2D eigenvalue weighted by molar-refractivity contribution is 8.93. The number of halogens is 1. The summed E-state index contributed by atoms with van der Waals surface area (Å²) in [6, 6.07) is 0. The van der Waals surface area contributed by atoms with Gasteiger partial charge >= 0.3 is 0 Å². The van der Waals surface area contributed by atoms with Gasteiger partial charge in [-0.3, -0.25) is 4.79 Å². The Morgan fingerprint density at radius 3 is 2.00 bits per heavy atom. The molecule has 1 fully saturated rings. The fraction of sp³-hybridized carbons (Fsp3) is 0.800. The van der Waals surface area contributed by atoms with E-state index in [1.165, 1.54) is 0 Å². The van der Waals surface area contributed by atoms with Crippen molar-refractivity contribution in [3.05, 3.63) is 0 Å². The average molecular weight is 180 g/mol. The predicted molar refractivity (Wildman–Crippen MR) is 37.4 cm³/mol. The summed E-state index contributed by atoms with van der Waals surface area (Å²) in [6.45, 7) is 1.78. The van der Waals surface area contributed by atoms with E-state index in [2.05, 4.69) is 5.32 Å². The Kier molecular flexibility index (Phi) is 4.09. The Balaban J connectivity index is 0.000000490. The highest BCUT2D eigenvalue weighted by Crippen LogP contribution is 1.91. The third-order valence-electron chi connectivity index (χ3n) is 1.16. The van der Waals surface area contributed by atoms with E-state index in [-0.39, 0.29) is 17.0 Å². The molecule has 1 saturated heterocycles. The molecule has 0 bridgehead atoms. The molecule has 0 aromatic carbocycles. The molecule has 1 aliphatic heterocycles. The number of nitrogens with one attached hydrogen (secondary N) is 1. The lowest BCUT2D eigenvalue weighted by molar-refractivity contribution is -0.119. The van der Waals surface area contributed by atoms with Gasteiger partial charge in [0.1, 0.15) is 5.78 Å². The summed E-state index contributed by atoms with van der Waals surface area (Å²) in [4.78, 5) is 10.4. The van der Waals surface area contributed by atoms with E-state index in [4.69, 9.17) is 0 Å². The van der Waals surface area contributed by atoms with Crippen LogP contribution in [0.15, 0.2) is 0 Å². The van der Waals surface area contributed by atoms with Crippen LogP contribution in [0.5, 0.6) is 0 Å². The number of hydrogen-bond donors (Lipinski definition) is 1. The standard InChI is InChI=1S/C5H9NO.BrH/c7-5-1-3-6-4-2-5;/h6H,1-4H2;1H. The van der Waals surface area contributed by atoms with Gasteiger partial charge in [-0.25, -0.2) is 0 Å². The van der Waals surface area contributed by atoms with Crippen LogP contribution >= 0.6 is 17.0 Å². The third-order valence-corrected chi connectivity index (χ3v) is 1.16. The molecule has 0 unspecified atom stereocenters. The first-order chi connectivity index (χ1) is 3.39. The zero-order valence-corrected chi connectivity index (χ0v) is 6.36. The van der Waals surface area contributed by atoms with E-state index in [0.717, 1.165) is 25.9 Å². The number of hydrogen-bond acceptors (Lipinski definition) is 2. The second-order valence-electron chi connectivity index (χ2n) is 1.79. The first kappa shape index (κ1) is 8.11. The van der Waals surface area contributed by atoms with Crippen molar-refractivity contribution in [3.63, 3.8) is 0 Å². The highest BCUT2D eigenvalue weighted by atomic mass is 79.9. The summed E-state index contributed by atoms with van der Waals surface area (Å²) in [7, 11) is 0. The lowest BCUT2D eigenvalue weighted by atomic mass is 10.1. The van der Waals surface area contributed by atoms with Gasteiger partial charge in [-0.2, -0.15) is 0 Å². The normalized spacial score (nSPS) is 19.8. The second-order valence-corrected chi connectivity index (χ2v) is 1.79. The van der Waals surface area contributed by atoms with Gasteiger partial charge in [0.15, 0.2) is 0 Å². The zero-order chi connectivity index (χ0) is 5.11. The molecule has 1 aliphatic rings. The molecular formula is C5H10BrNO. The fourth-order valence-electron chi connectivity index (χ4n) is 0.706. The van der Waals surface area contributed by atoms with Crippen molar-refractivity contribution in [1.29, 1.82) is 0 Å². The Morgan fingerprint density at radius 2 is 1.75 bits per heavy atom. The van der Waals surface area contributed by atoms with Crippen LogP contribution in [0.4, 0.5) is 0 Å². The number of rotatable bonds is 0. The van der Waals surface area contributed by atoms with Crippen LogP contribution in [-0.4, -0.2) is 18.9 Å². The van der Waals surface area contributed by atoms with Crippen molar-refractivity contribution < 1.29 is 4.79 Å². The van der Waals surface area contributed by atoms with Crippen LogP contribution in [0.2, 0.25) is 0 Å². The van der Waals surface area contributed by atoms with Gasteiger partial charge in [0.05, 0.1) is 0 Å². The van der Waals surface area contributed by atoms with Crippen molar-refractivity contribution in [1.82, 2.24) is 5.32 Å². The Hall–Kier alpha value is 0.110. The molecule has 0 amide bonds. The molecule has 1 rings (SSSR count). The van der Waals surface area contributed by atoms with Crippen LogP contribution in [0.3, 0.4) is 0 Å². The molecule has 0 aromatic heterocycles. The molecule has 0 atom stereocenters. The molecule has 1 heterocycles. The van der Waals surface area contributed by atoms with Gasteiger partial charge in [0.25, 0.3) is 0 Å². The third kappa shape index (κ3) is 2.43. The minimum atomic E-state index is 0. The molecule has 0 radical (unpaired) electrons. The SMILES string of the molecule is Br.O=C1CCNCC1. The quantitative estimate of drug-likeness (QED) is 0.588. The molecular weight excluding hydrogens is 170 g/mol. The molecule has 0 aliphatic carbocycles. The summed E-state index contributed by atoms with van der Waals surface area (Å²) >= 11 is 0. The van der Waals surface area contributed by atoms with E-state index in [0.29, 0.717) is 5.78 Å². The van der Waals surface area contributed by atoms with E-state index < -0.39 is 0 Å². The molecule has 0 saturated carbocycles. The Morgan fingerprint density at radius 1 is 1.25 bits per heavy atom. The minimum Gasteiger partial charge on any atom is -0.316 e. The van der Waals surface area contributed by atoms with E-state index in [1.54, 1.807) is 0 Å². The molecule has 0 spiro atoms. The van der Waals surface area contributed by atoms with Gasteiger partial charge in [-0.05, 0) is 0 Å². The first-order valence-electron chi connectivity index (χ1n) is 2.62. The van der Waals surface area contributed by atoms with Crippen LogP contribution < -0.4 is 5.32 Å². The van der Waals surface area contributed by atoms with Crippen molar-refractivity contribution in [3.8, 4) is 0 Å². The maximum absolute atomic E-state index is 10.4. The van der Waals surface area contributed by atoms with Crippen LogP contribution in [-0.2, 0) is 4.79 Å². The van der Waals surface area contributed by atoms with Crippen LogP contribution in [0.1, 0.15) is 12.8 Å². The maximum Gasteiger partial charge on any atom is 0.135 e. The summed E-state index contributed by atoms with van der Waals surface area (Å²) in [5.41, 5.74) is 0. The largest absolute Gasteiger partial charge is 0.316 e. The highest BCUT2D eigenvalue weighted by Gasteiger charge is 2.04. The number of Topliss-reactive ketones (excluding diaryl/α,β-unsaturated/α-hetero) is 1. The predicted octanol–water partition coefficient (Wildman–Crippen LogP) is 0.517. The summed E-state index contributed by atoms with van der Waals surface area (Å²) < 4.78 is 0. The van der Waals surface area contributed by atoms with E-state index >= 15 is 0 Å². The summed E-state index contributed by atoms with van der Waals surface area (Å²) in [5.74, 6) is 0.402. The molecule has 8 heavy (non-hydrogen) atoms. The number of carbonyl (C=O) groups is 1. The monoisotopic (exact) mass is 179 g/mol. The summed E-state index contributed by atoms with van der Waals surface area (Å²) in [6.07, 6.45) is 1.47. The Bertz CT molecular complexity index is 76.5. The van der Waals surface area contributed by atoms with Crippen molar-refractivity contribution in [2.24, 2.45) is 0 Å². The van der Waals surface area contributed by atoms with Crippen LogP contribution in [0, 0.1) is 0 Å². The molecule has 48 valence electrons. The van der Waals surface area contributed by atoms with E-state index in [1.807, 2.05) is 0 Å². The topological polar surface area (TPSA) is 29.1 Å². The average Bonchev–Trinajstić information content (AvgIpc) is 1.69. The van der Waals surface area contributed by atoms with E-state index in [9.17, 15) is 4.79 Å². The lowest BCUT2D eigenvalue weighted by Crippen LogP contribution is -2.27. The molecule has 1 N–H and O–H groups in total. The van der Waals surface area contributed by atoms with Gasteiger partial charge in [-0.1, -0.05) is 0 Å². The van der Waals surface area contributed by atoms with Gasteiger partial charge in [0, 0.05) is 25.9 Å². The Labute approximate surface area is 59.4 Å². The van der Waals surface area contributed by atoms with Crippen molar-refractivity contribution in [2.45, 2.75) is 12.8 Å². The van der Waals surface area contributed by atoms with Crippen molar-refractivity contribution in [2.75, 3.05) is 13.1 Å². The number of ketones is 1. The smallest absolute Gasteiger partial charge is 0.135 e. The number of piperidine rings is 1. The fourth-order valence-corrected chi connectivity index (χ4v) is 0.706. The minimum absolute atomic E-state index is 0. The molecule has 2 nitrogen and oxygen atoms in total. The molecule has 3 heteroatoms. The van der Waals surface area contributed by atoms with Gasteiger partial charge < -0.3 is 5.32 Å². The maximum atomic E-state index is 10.4. The van der Waals surface area contributed by atoms with Crippen LogP contribution in [0.25, 0.3) is 0 Å². The summed E-state index contributed by atoms with van der Waals surface area (Å²) in [5, 5.41) is 3.09. The lowest BCUT2D eigenvalue weighted by Gasteiger charge is -2.08.